The van der Waals surface area contributed by atoms with Crippen molar-refractivity contribution in [2.24, 2.45) is 5.92 Å². The number of imidazole rings is 1. The molecule has 1 unspecified atom stereocenters. The number of ether oxygens (including phenoxy) is 1. The molecule has 1 aromatic rings. The van der Waals surface area contributed by atoms with E-state index in [1.807, 2.05) is 16.8 Å². The van der Waals surface area contributed by atoms with Crippen LogP contribution in [-0.2, 0) is 11.3 Å². The molecule has 0 saturated heterocycles. The SMILES string of the molecule is C=CCn1ccnc1NCC(C)COC. The zero-order valence-electron chi connectivity index (χ0n) is 9.44. The summed E-state index contributed by atoms with van der Waals surface area (Å²) in [5, 5.41) is 3.29. The number of rotatable bonds is 7. The maximum Gasteiger partial charge on any atom is 0.203 e. The van der Waals surface area contributed by atoms with Gasteiger partial charge in [-0.25, -0.2) is 4.98 Å². The summed E-state index contributed by atoms with van der Waals surface area (Å²) in [4.78, 5) is 4.23. The predicted octanol–water partition coefficient (Wildman–Crippen LogP) is 1.76. The van der Waals surface area contributed by atoms with Crippen LogP contribution < -0.4 is 5.32 Å². The maximum atomic E-state index is 5.07. The minimum atomic E-state index is 0.476. The van der Waals surface area contributed by atoms with E-state index in [0.717, 1.165) is 25.6 Å². The van der Waals surface area contributed by atoms with Gasteiger partial charge < -0.3 is 14.6 Å². The summed E-state index contributed by atoms with van der Waals surface area (Å²) >= 11 is 0. The molecule has 4 heteroatoms. The molecule has 0 amide bonds. The molecule has 4 nitrogen and oxygen atoms in total. The fraction of sp³-hybridized carbons (Fsp3) is 0.545. The van der Waals surface area contributed by atoms with Crippen molar-refractivity contribution in [3.63, 3.8) is 0 Å². The normalized spacial score (nSPS) is 12.4. The van der Waals surface area contributed by atoms with E-state index >= 15 is 0 Å². The van der Waals surface area contributed by atoms with Gasteiger partial charge in [-0.1, -0.05) is 13.0 Å². The molecule has 84 valence electrons. The van der Waals surface area contributed by atoms with Crippen LogP contribution in [-0.4, -0.2) is 29.8 Å². The second-order valence-electron chi connectivity index (χ2n) is 3.63. The third kappa shape index (κ3) is 3.75. The number of allylic oxidation sites excluding steroid dienone is 1. The van der Waals surface area contributed by atoms with Crippen LogP contribution in [0.25, 0.3) is 0 Å². The number of hydrogen-bond donors (Lipinski definition) is 1. The first-order valence-electron chi connectivity index (χ1n) is 5.12. The second kappa shape index (κ2) is 6.24. The highest BCUT2D eigenvalue weighted by Crippen LogP contribution is 2.05. The van der Waals surface area contributed by atoms with Gasteiger partial charge in [0.05, 0.1) is 6.61 Å². The zero-order chi connectivity index (χ0) is 11.1. The number of anilines is 1. The summed E-state index contributed by atoms with van der Waals surface area (Å²) < 4.78 is 7.09. The van der Waals surface area contributed by atoms with Crippen LogP contribution in [0.15, 0.2) is 25.0 Å². The molecule has 0 aliphatic heterocycles. The predicted molar refractivity (Wildman–Crippen MR) is 62.0 cm³/mol. The van der Waals surface area contributed by atoms with Gasteiger partial charge in [0, 0.05) is 32.6 Å². The van der Waals surface area contributed by atoms with E-state index in [2.05, 4.69) is 23.8 Å². The Bertz CT molecular complexity index is 296. The van der Waals surface area contributed by atoms with Gasteiger partial charge in [-0.05, 0) is 5.92 Å². The van der Waals surface area contributed by atoms with Crippen LogP contribution in [0.1, 0.15) is 6.92 Å². The van der Waals surface area contributed by atoms with E-state index < -0.39 is 0 Å². The smallest absolute Gasteiger partial charge is 0.203 e. The van der Waals surface area contributed by atoms with Crippen molar-refractivity contribution in [2.45, 2.75) is 13.5 Å². The van der Waals surface area contributed by atoms with Crippen molar-refractivity contribution in [3.8, 4) is 0 Å². The third-order valence-corrected chi connectivity index (χ3v) is 2.10. The Morgan fingerprint density at radius 3 is 3.20 bits per heavy atom. The molecule has 0 aliphatic rings. The van der Waals surface area contributed by atoms with Crippen molar-refractivity contribution in [3.05, 3.63) is 25.0 Å². The first-order valence-corrected chi connectivity index (χ1v) is 5.12. The van der Waals surface area contributed by atoms with Crippen molar-refractivity contribution in [1.29, 1.82) is 0 Å². The summed E-state index contributed by atoms with van der Waals surface area (Å²) in [6.07, 6.45) is 5.57. The second-order valence-corrected chi connectivity index (χ2v) is 3.63. The van der Waals surface area contributed by atoms with Crippen molar-refractivity contribution in [1.82, 2.24) is 9.55 Å². The number of aromatic nitrogens is 2. The van der Waals surface area contributed by atoms with Gasteiger partial charge in [-0.15, -0.1) is 6.58 Å². The topological polar surface area (TPSA) is 39.1 Å². The molecule has 0 aliphatic carbocycles. The lowest BCUT2D eigenvalue weighted by molar-refractivity contribution is 0.164. The number of methoxy groups -OCH3 is 1. The van der Waals surface area contributed by atoms with Crippen molar-refractivity contribution in [2.75, 3.05) is 25.6 Å². The lowest BCUT2D eigenvalue weighted by Crippen LogP contribution is -2.18. The van der Waals surface area contributed by atoms with Crippen molar-refractivity contribution >= 4 is 5.95 Å². The molecule has 0 radical (unpaired) electrons. The quantitative estimate of drug-likeness (QED) is 0.695. The summed E-state index contributed by atoms with van der Waals surface area (Å²) in [5.41, 5.74) is 0. The largest absolute Gasteiger partial charge is 0.384 e. The Hall–Kier alpha value is -1.29. The van der Waals surface area contributed by atoms with Crippen molar-refractivity contribution < 1.29 is 4.74 Å². The Balaban J connectivity index is 2.42. The fourth-order valence-electron chi connectivity index (χ4n) is 1.37. The van der Waals surface area contributed by atoms with E-state index in [1.54, 1.807) is 13.3 Å². The molecule has 15 heavy (non-hydrogen) atoms. The van der Waals surface area contributed by atoms with E-state index in [1.165, 1.54) is 0 Å². The summed E-state index contributed by atoms with van der Waals surface area (Å²) in [6.45, 7) is 8.24. The lowest BCUT2D eigenvalue weighted by atomic mass is 10.2. The first kappa shape index (κ1) is 11.8. The van der Waals surface area contributed by atoms with Gasteiger partial charge in [0.25, 0.3) is 0 Å². The van der Waals surface area contributed by atoms with Gasteiger partial charge in [-0.2, -0.15) is 0 Å². The molecule has 0 bridgehead atoms. The number of nitrogens with zero attached hydrogens (tertiary/aromatic N) is 2. The Labute approximate surface area is 91.0 Å². The summed E-state index contributed by atoms with van der Waals surface area (Å²) in [6, 6.07) is 0. The van der Waals surface area contributed by atoms with Gasteiger partial charge in [0.1, 0.15) is 0 Å². The summed E-state index contributed by atoms with van der Waals surface area (Å²) in [5.74, 6) is 1.36. The van der Waals surface area contributed by atoms with Crippen LogP contribution in [0, 0.1) is 5.92 Å². The average molecular weight is 209 g/mol. The molecule has 0 fully saturated rings. The molecule has 1 rings (SSSR count). The Kier molecular flexibility index (Phi) is 4.90. The minimum absolute atomic E-state index is 0.476. The van der Waals surface area contributed by atoms with E-state index in [4.69, 9.17) is 4.74 Å². The van der Waals surface area contributed by atoms with Crippen LogP contribution in [0.3, 0.4) is 0 Å². The Morgan fingerprint density at radius 1 is 1.73 bits per heavy atom. The molecule has 1 N–H and O–H groups in total. The number of nitrogens with one attached hydrogen (secondary N) is 1. The Morgan fingerprint density at radius 2 is 2.53 bits per heavy atom. The first-order chi connectivity index (χ1) is 7.27. The molecule has 0 saturated carbocycles. The average Bonchev–Trinajstić information content (AvgIpc) is 2.64. The monoisotopic (exact) mass is 209 g/mol. The van der Waals surface area contributed by atoms with Crippen LogP contribution in [0.5, 0.6) is 0 Å². The van der Waals surface area contributed by atoms with Crippen LogP contribution >= 0.6 is 0 Å². The highest BCUT2D eigenvalue weighted by atomic mass is 16.5. The van der Waals surface area contributed by atoms with Gasteiger partial charge in [0.2, 0.25) is 5.95 Å². The standard InChI is InChI=1S/C11H19N3O/c1-4-6-14-7-5-12-11(14)13-8-10(2)9-15-3/h4-5,7,10H,1,6,8-9H2,2-3H3,(H,12,13). The van der Waals surface area contributed by atoms with Gasteiger partial charge >= 0.3 is 0 Å². The molecular weight excluding hydrogens is 190 g/mol. The van der Waals surface area contributed by atoms with Gasteiger partial charge in [-0.3, -0.25) is 0 Å². The zero-order valence-corrected chi connectivity index (χ0v) is 9.44. The van der Waals surface area contributed by atoms with Crippen LogP contribution in [0.2, 0.25) is 0 Å². The lowest BCUT2D eigenvalue weighted by Gasteiger charge is -2.12. The number of hydrogen-bond acceptors (Lipinski definition) is 3. The molecule has 1 atom stereocenters. The molecule has 0 spiro atoms. The molecule has 0 aromatic carbocycles. The van der Waals surface area contributed by atoms with Gasteiger partial charge in [0.15, 0.2) is 0 Å². The maximum absolute atomic E-state index is 5.07. The summed E-state index contributed by atoms with van der Waals surface area (Å²) in [7, 11) is 1.72. The highest BCUT2D eigenvalue weighted by Gasteiger charge is 2.04. The molecular formula is C11H19N3O. The molecule has 1 aromatic heterocycles. The molecule has 1 heterocycles. The highest BCUT2D eigenvalue weighted by molar-refractivity contribution is 5.26. The van der Waals surface area contributed by atoms with E-state index in [-0.39, 0.29) is 0 Å². The minimum Gasteiger partial charge on any atom is -0.384 e. The van der Waals surface area contributed by atoms with E-state index in [9.17, 15) is 0 Å². The van der Waals surface area contributed by atoms with Crippen LogP contribution in [0.4, 0.5) is 5.95 Å². The fourth-order valence-corrected chi connectivity index (χ4v) is 1.37. The third-order valence-electron chi connectivity index (χ3n) is 2.10. The van der Waals surface area contributed by atoms with E-state index in [0.29, 0.717) is 5.92 Å².